The molecule has 0 aliphatic heterocycles. The number of fused-ring (bicyclic) bond motifs is 1. The summed E-state index contributed by atoms with van der Waals surface area (Å²) < 4.78 is 6.96. The highest BCUT2D eigenvalue weighted by Crippen LogP contribution is 2.25. The third-order valence-electron chi connectivity index (χ3n) is 4.06. The maximum Gasteiger partial charge on any atom is 0.262 e. The number of aliphatic hydroxyl groups excluding tert-OH is 1. The molecule has 7 heteroatoms. The number of hydrogen-bond acceptors (Lipinski definition) is 5. The van der Waals surface area contributed by atoms with E-state index in [1.165, 1.54) is 22.2 Å². The van der Waals surface area contributed by atoms with E-state index in [-0.39, 0.29) is 18.7 Å². The number of aliphatic hydroxyl groups is 1. The number of thiophene rings is 1. The second kappa shape index (κ2) is 7.66. The molecule has 0 fully saturated rings. The molecule has 0 saturated heterocycles. The number of halogens is 1. The van der Waals surface area contributed by atoms with Crippen LogP contribution in [-0.4, -0.2) is 27.4 Å². The van der Waals surface area contributed by atoms with Crippen LogP contribution in [0.2, 0.25) is 5.02 Å². The van der Waals surface area contributed by atoms with Gasteiger partial charge in [0.15, 0.2) is 0 Å². The van der Waals surface area contributed by atoms with Crippen molar-refractivity contribution >= 4 is 33.2 Å². The van der Waals surface area contributed by atoms with E-state index in [1.54, 1.807) is 12.1 Å². The molecule has 0 aliphatic rings. The number of rotatable bonds is 6. The average molecular weight is 379 g/mol. The largest absolute Gasteiger partial charge is 0.389 e. The molecule has 3 rings (SSSR count). The van der Waals surface area contributed by atoms with Crippen molar-refractivity contribution in [2.75, 3.05) is 6.61 Å². The summed E-state index contributed by atoms with van der Waals surface area (Å²) in [7, 11) is 0. The van der Waals surface area contributed by atoms with Crippen LogP contribution < -0.4 is 5.56 Å². The first-order valence-corrected chi connectivity index (χ1v) is 9.10. The lowest BCUT2D eigenvalue weighted by molar-refractivity contribution is 0.0198. The van der Waals surface area contributed by atoms with Crippen molar-refractivity contribution in [3.63, 3.8) is 0 Å². The summed E-state index contributed by atoms with van der Waals surface area (Å²) in [4.78, 5) is 18.7. The summed E-state index contributed by atoms with van der Waals surface area (Å²) in [6, 6.07) is 7.34. The molecule has 2 heterocycles. The molecule has 1 unspecified atom stereocenters. The number of aryl methyl sites for hydroxylation is 2. The highest BCUT2D eigenvalue weighted by molar-refractivity contribution is 7.18. The van der Waals surface area contributed by atoms with Gasteiger partial charge in [0.2, 0.25) is 0 Å². The molecule has 3 aromatic rings. The molecule has 0 aliphatic carbocycles. The Bertz CT molecular complexity index is 934. The fourth-order valence-corrected chi connectivity index (χ4v) is 3.69. The highest BCUT2D eigenvalue weighted by atomic mass is 35.5. The monoisotopic (exact) mass is 378 g/mol. The van der Waals surface area contributed by atoms with E-state index in [0.717, 1.165) is 20.8 Å². The minimum atomic E-state index is -0.788. The molecule has 1 N–H and O–H groups in total. The first kappa shape index (κ1) is 18.1. The average Bonchev–Trinajstić information content (AvgIpc) is 2.87. The van der Waals surface area contributed by atoms with E-state index in [1.807, 2.05) is 26.0 Å². The van der Waals surface area contributed by atoms with E-state index < -0.39 is 6.10 Å². The molecule has 25 heavy (non-hydrogen) atoms. The fraction of sp³-hybridized carbons (Fsp3) is 0.333. The quantitative estimate of drug-likeness (QED) is 0.714. The van der Waals surface area contributed by atoms with Gasteiger partial charge in [0.05, 0.1) is 37.6 Å². The van der Waals surface area contributed by atoms with E-state index in [2.05, 4.69) is 4.98 Å². The number of hydrogen-bond donors (Lipinski definition) is 1. The fourth-order valence-electron chi connectivity index (χ4n) is 2.57. The molecule has 0 saturated carbocycles. The van der Waals surface area contributed by atoms with Crippen molar-refractivity contribution in [2.45, 2.75) is 33.1 Å². The lowest BCUT2D eigenvalue weighted by atomic mass is 10.2. The van der Waals surface area contributed by atoms with Gasteiger partial charge in [-0.3, -0.25) is 9.36 Å². The van der Waals surface area contributed by atoms with Gasteiger partial charge in [0.25, 0.3) is 5.56 Å². The zero-order valence-electron chi connectivity index (χ0n) is 14.0. The zero-order chi connectivity index (χ0) is 18.0. The Kier molecular flexibility index (Phi) is 5.54. The van der Waals surface area contributed by atoms with Crippen LogP contribution in [0.4, 0.5) is 0 Å². The Morgan fingerprint density at radius 1 is 1.32 bits per heavy atom. The standard InChI is InChI=1S/C18H19ClN2O3S/c1-11-12(2)25-17-16(11)18(23)21(10-20-17)7-15(22)9-24-8-13-3-5-14(19)6-4-13/h3-6,10,15,22H,7-9H2,1-2H3. The summed E-state index contributed by atoms with van der Waals surface area (Å²) in [5.74, 6) is 0. The molecule has 1 aromatic carbocycles. The van der Waals surface area contributed by atoms with Gasteiger partial charge < -0.3 is 9.84 Å². The molecular formula is C18H19ClN2O3S. The third-order valence-corrected chi connectivity index (χ3v) is 5.42. The molecule has 0 radical (unpaired) electrons. The first-order chi connectivity index (χ1) is 12.0. The molecule has 2 aromatic heterocycles. The smallest absolute Gasteiger partial charge is 0.262 e. The van der Waals surface area contributed by atoms with Crippen molar-refractivity contribution in [2.24, 2.45) is 0 Å². The van der Waals surface area contributed by atoms with E-state index >= 15 is 0 Å². The predicted molar refractivity (Wildman–Crippen MR) is 100 cm³/mol. The molecule has 1 atom stereocenters. The van der Waals surface area contributed by atoms with Crippen molar-refractivity contribution < 1.29 is 9.84 Å². The molecule has 0 amide bonds. The highest BCUT2D eigenvalue weighted by Gasteiger charge is 2.14. The topological polar surface area (TPSA) is 64.3 Å². The summed E-state index contributed by atoms with van der Waals surface area (Å²) in [6.45, 7) is 4.56. The Balaban J connectivity index is 1.63. The summed E-state index contributed by atoms with van der Waals surface area (Å²) in [5.41, 5.74) is 1.81. The molecule has 0 bridgehead atoms. The Hall–Kier alpha value is -1.73. The van der Waals surface area contributed by atoms with Crippen LogP contribution in [-0.2, 0) is 17.9 Å². The Morgan fingerprint density at radius 2 is 2.04 bits per heavy atom. The molecular weight excluding hydrogens is 360 g/mol. The maximum atomic E-state index is 12.6. The second-order valence-electron chi connectivity index (χ2n) is 5.96. The molecule has 5 nitrogen and oxygen atoms in total. The van der Waals surface area contributed by atoms with Gasteiger partial charge in [0, 0.05) is 9.90 Å². The first-order valence-electron chi connectivity index (χ1n) is 7.91. The van der Waals surface area contributed by atoms with Crippen LogP contribution in [0, 0.1) is 13.8 Å². The Morgan fingerprint density at radius 3 is 2.76 bits per heavy atom. The van der Waals surface area contributed by atoms with Crippen LogP contribution >= 0.6 is 22.9 Å². The van der Waals surface area contributed by atoms with Gasteiger partial charge >= 0.3 is 0 Å². The summed E-state index contributed by atoms with van der Waals surface area (Å²) >= 11 is 7.35. The number of ether oxygens (including phenoxy) is 1. The van der Waals surface area contributed by atoms with E-state index in [9.17, 15) is 9.90 Å². The number of benzene rings is 1. The van der Waals surface area contributed by atoms with Gasteiger partial charge in [-0.25, -0.2) is 4.98 Å². The van der Waals surface area contributed by atoms with Crippen molar-refractivity contribution in [1.82, 2.24) is 9.55 Å². The third kappa shape index (κ3) is 4.10. The van der Waals surface area contributed by atoms with E-state index in [4.69, 9.17) is 16.3 Å². The van der Waals surface area contributed by atoms with Gasteiger partial charge in [-0.1, -0.05) is 23.7 Å². The molecule has 132 valence electrons. The lowest BCUT2D eigenvalue weighted by Crippen LogP contribution is -2.29. The number of nitrogens with zero attached hydrogens (tertiary/aromatic N) is 2. The van der Waals surface area contributed by atoms with E-state index in [0.29, 0.717) is 17.0 Å². The number of aromatic nitrogens is 2. The van der Waals surface area contributed by atoms with Gasteiger partial charge in [-0.15, -0.1) is 11.3 Å². The van der Waals surface area contributed by atoms with Crippen molar-refractivity contribution in [1.29, 1.82) is 0 Å². The summed E-state index contributed by atoms with van der Waals surface area (Å²) in [6.07, 6.45) is 0.701. The lowest BCUT2D eigenvalue weighted by Gasteiger charge is -2.13. The van der Waals surface area contributed by atoms with Gasteiger partial charge in [-0.2, -0.15) is 0 Å². The normalized spacial score (nSPS) is 12.6. The Labute approximate surface area is 154 Å². The van der Waals surface area contributed by atoms with Crippen LogP contribution in [0.3, 0.4) is 0 Å². The van der Waals surface area contributed by atoms with Crippen LogP contribution in [0.25, 0.3) is 10.2 Å². The van der Waals surface area contributed by atoms with Crippen LogP contribution in [0.15, 0.2) is 35.4 Å². The van der Waals surface area contributed by atoms with Gasteiger partial charge in [-0.05, 0) is 37.1 Å². The minimum absolute atomic E-state index is 0.122. The van der Waals surface area contributed by atoms with Crippen molar-refractivity contribution in [3.05, 3.63) is 62.0 Å². The van der Waals surface area contributed by atoms with Crippen molar-refractivity contribution in [3.8, 4) is 0 Å². The van der Waals surface area contributed by atoms with Gasteiger partial charge in [0.1, 0.15) is 4.83 Å². The molecule has 0 spiro atoms. The second-order valence-corrected chi connectivity index (χ2v) is 7.60. The predicted octanol–water partition coefficient (Wildman–Crippen LogP) is 3.31. The maximum absolute atomic E-state index is 12.6. The zero-order valence-corrected chi connectivity index (χ0v) is 15.6. The minimum Gasteiger partial charge on any atom is -0.389 e. The van der Waals surface area contributed by atoms with Crippen LogP contribution in [0.1, 0.15) is 16.0 Å². The summed E-state index contributed by atoms with van der Waals surface area (Å²) in [5, 5.41) is 11.5. The van der Waals surface area contributed by atoms with Crippen LogP contribution in [0.5, 0.6) is 0 Å². The SMILES string of the molecule is Cc1sc2ncn(CC(O)COCc3ccc(Cl)cc3)c(=O)c2c1C.